The van der Waals surface area contributed by atoms with E-state index in [1.807, 2.05) is 47.9 Å². The Bertz CT molecular complexity index is 1110. The number of rotatable bonds is 3. The minimum absolute atomic E-state index is 0.0825. The van der Waals surface area contributed by atoms with Crippen molar-refractivity contribution >= 4 is 66.7 Å². The first kappa shape index (κ1) is 15.8. The third-order valence-corrected chi connectivity index (χ3v) is 5.63. The number of hydrogen-bond acceptors (Lipinski definition) is 5. The lowest BCUT2D eigenvalue weighted by molar-refractivity contribution is -0.114. The minimum atomic E-state index is -0.0825. The van der Waals surface area contributed by atoms with Gasteiger partial charge in [0.15, 0.2) is 0 Å². The van der Waals surface area contributed by atoms with Crippen LogP contribution in [-0.2, 0) is 4.79 Å². The lowest BCUT2D eigenvalue weighted by Gasteiger charge is -2.01. The van der Waals surface area contributed by atoms with Crippen LogP contribution < -0.4 is 5.32 Å². The van der Waals surface area contributed by atoms with Crippen molar-refractivity contribution in [1.29, 1.82) is 0 Å². The standard InChI is InChI=1S/C19H14N2O2S2/c1-11(22)20-13-5-2-12(3-6-13)4-7-17-21-18-16(25-17)10-15(23)14-8-9-24-19(14)18/h2-10,23H,1H3,(H,20,22)/b7-4+. The third-order valence-electron chi connectivity index (χ3n) is 3.74. The van der Waals surface area contributed by atoms with Crippen LogP contribution >= 0.6 is 22.7 Å². The molecule has 0 aliphatic rings. The van der Waals surface area contributed by atoms with E-state index in [0.29, 0.717) is 5.75 Å². The maximum atomic E-state index is 11.0. The number of aromatic nitrogens is 1. The zero-order valence-corrected chi connectivity index (χ0v) is 14.9. The highest BCUT2D eigenvalue weighted by Gasteiger charge is 2.11. The maximum Gasteiger partial charge on any atom is 0.221 e. The van der Waals surface area contributed by atoms with E-state index in [1.165, 1.54) is 6.92 Å². The van der Waals surface area contributed by atoms with Crippen molar-refractivity contribution < 1.29 is 9.90 Å². The second kappa shape index (κ2) is 6.31. The number of aromatic hydroxyl groups is 1. The van der Waals surface area contributed by atoms with Gasteiger partial charge in [0, 0.05) is 24.1 Å². The number of thiophene rings is 1. The van der Waals surface area contributed by atoms with Crippen LogP contribution in [0.5, 0.6) is 5.75 Å². The predicted octanol–water partition coefficient (Wildman–Crippen LogP) is 5.35. The molecule has 4 nitrogen and oxygen atoms in total. The highest BCUT2D eigenvalue weighted by Crippen LogP contribution is 2.38. The molecule has 0 aliphatic heterocycles. The number of nitrogens with zero attached hydrogens (tertiary/aromatic N) is 1. The van der Waals surface area contributed by atoms with Gasteiger partial charge in [-0.3, -0.25) is 4.79 Å². The molecule has 2 N–H and O–H groups in total. The zero-order chi connectivity index (χ0) is 17.4. The van der Waals surface area contributed by atoms with Gasteiger partial charge >= 0.3 is 0 Å². The summed E-state index contributed by atoms with van der Waals surface area (Å²) in [6.07, 6.45) is 3.95. The molecule has 0 bridgehead atoms. The fourth-order valence-electron chi connectivity index (χ4n) is 2.63. The summed E-state index contributed by atoms with van der Waals surface area (Å²) in [5.41, 5.74) is 2.74. The lowest BCUT2D eigenvalue weighted by Crippen LogP contribution is -2.05. The van der Waals surface area contributed by atoms with Crippen molar-refractivity contribution in [3.8, 4) is 5.75 Å². The Hall–Kier alpha value is -2.70. The monoisotopic (exact) mass is 366 g/mol. The molecule has 0 saturated heterocycles. The Balaban J connectivity index is 1.64. The van der Waals surface area contributed by atoms with Gasteiger partial charge in [-0.05, 0) is 35.2 Å². The second-order valence-corrected chi connectivity index (χ2v) is 7.57. The lowest BCUT2D eigenvalue weighted by atomic mass is 10.2. The van der Waals surface area contributed by atoms with Gasteiger partial charge in [-0.15, -0.1) is 22.7 Å². The van der Waals surface area contributed by atoms with Crippen molar-refractivity contribution in [2.75, 3.05) is 5.32 Å². The number of phenols is 1. The molecule has 0 unspecified atom stereocenters. The average Bonchev–Trinajstić information content (AvgIpc) is 3.20. The highest BCUT2D eigenvalue weighted by molar-refractivity contribution is 7.22. The van der Waals surface area contributed by atoms with E-state index >= 15 is 0 Å². The Kier molecular flexibility index (Phi) is 3.99. The molecule has 2 aromatic heterocycles. The summed E-state index contributed by atoms with van der Waals surface area (Å²) in [5.74, 6) is 0.220. The van der Waals surface area contributed by atoms with Crippen LogP contribution in [0.25, 0.3) is 32.5 Å². The number of amides is 1. The topological polar surface area (TPSA) is 62.2 Å². The molecule has 0 spiro atoms. The predicted molar refractivity (Wildman–Crippen MR) is 106 cm³/mol. The number of anilines is 1. The van der Waals surface area contributed by atoms with Gasteiger partial charge in [0.25, 0.3) is 0 Å². The molecule has 124 valence electrons. The number of thiazole rings is 1. The fourth-order valence-corrected chi connectivity index (χ4v) is 4.51. The Morgan fingerprint density at radius 1 is 1.20 bits per heavy atom. The zero-order valence-electron chi connectivity index (χ0n) is 13.3. The smallest absolute Gasteiger partial charge is 0.221 e. The number of carbonyl (C=O) groups is 1. The largest absolute Gasteiger partial charge is 0.507 e. The van der Waals surface area contributed by atoms with E-state index in [4.69, 9.17) is 4.98 Å². The number of fused-ring (bicyclic) bond motifs is 3. The van der Waals surface area contributed by atoms with Crippen LogP contribution in [0.15, 0.2) is 41.8 Å². The normalized spacial score (nSPS) is 11.6. The molecule has 2 aromatic carbocycles. The summed E-state index contributed by atoms with van der Waals surface area (Å²) in [4.78, 5) is 15.7. The van der Waals surface area contributed by atoms with E-state index in [2.05, 4.69) is 5.32 Å². The molecule has 1 amide bonds. The molecule has 0 saturated carbocycles. The first-order chi connectivity index (χ1) is 12.1. The SMILES string of the molecule is CC(=O)Nc1ccc(/C=C/c2nc3c(cc(O)c4ccsc43)s2)cc1. The molecule has 4 aromatic rings. The number of phenolic OH excluding ortho intramolecular Hbond substituents is 1. The van der Waals surface area contributed by atoms with Gasteiger partial charge in [0.1, 0.15) is 10.8 Å². The van der Waals surface area contributed by atoms with Crippen LogP contribution in [0.3, 0.4) is 0 Å². The fraction of sp³-hybridized carbons (Fsp3) is 0.0526. The number of nitrogens with one attached hydrogen (secondary N) is 1. The Labute approximate surface area is 152 Å². The summed E-state index contributed by atoms with van der Waals surface area (Å²) >= 11 is 3.14. The molecular formula is C19H14N2O2S2. The molecule has 6 heteroatoms. The molecule has 0 fully saturated rings. The van der Waals surface area contributed by atoms with Crippen molar-refractivity contribution in [2.45, 2.75) is 6.92 Å². The van der Waals surface area contributed by atoms with Gasteiger partial charge in [-0.25, -0.2) is 4.98 Å². The molecular weight excluding hydrogens is 352 g/mol. The maximum absolute atomic E-state index is 11.0. The number of benzene rings is 2. The first-order valence-corrected chi connectivity index (χ1v) is 9.35. The quantitative estimate of drug-likeness (QED) is 0.514. The van der Waals surface area contributed by atoms with Gasteiger partial charge in [0.05, 0.1) is 14.9 Å². The molecule has 0 radical (unpaired) electrons. The van der Waals surface area contributed by atoms with Crippen LogP contribution in [0.2, 0.25) is 0 Å². The average molecular weight is 366 g/mol. The van der Waals surface area contributed by atoms with Crippen molar-refractivity contribution in [1.82, 2.24) is 4.98 Å². The molecule has 0 aliphatic carbocycles. The summed E-state index contributed by atoms with van der Waals surface area (Å²) in [6.45, 7) is 1.49. The molecule has 4 rings (SSSR count). The van der Waals surface area contributed by atoms with Gasteiger partial charge in [-0.2, -0.15) is 0 Å². The van der Waals surface area contributed by atoms with Crippen molar-refractivity contribution in [3.05, 3.63) is 52.3 Å². The van der Waals surface area contributed by atoms with E-state index in [-0.39, 0.29) is 5.91 Å². The second-order valence-electron chi connectivity index (χ2n) is 5.59. The summed E-state index contributed by atoms with van der Waals surface area (Å²) in [5, 5.41) is 16.6. The summed E-state index contributed by atoms with van der Waals surface area (Å²) in [7, 11) is 0. The van der Waals surface area contributed by atoms with Gasteiger partial charge in [0.2, 0.25) is 5.91 Å². The molecule has 2 heterocycles. The van der Waals surface area contributed by atoms with Crippen LogP contribution in [0.4, 0.5) is 5.69 Å². The van der Waals surface area contributed by atoms with Crippen molar-refractivity contribution in [2.24, 2.45) is 0 Å². The number of hydrogen-bond donors (Lipinski definition) is 2. The van der Waals surface area contributed by atoms with E-state index in [1.54, 1.807) is 28.7 Å². The van der Waals surface area contributed by atoms with Crippen molar-refractivity contribution in [3.63, 3.8) is 0 Å². The van der Waals surface area contributed by atoms with Gasteiger partial charge < -0.3 is 10.4 Å². The minimum Gasteiger partial charge on any atom is -0.507 e. The van der Waals surface area contributed by atoms with E-state index in [9.17, 15) is 9.90 Å². The third kappa shape index (κ3) is 3.14. The molecule has 25 heavy (non-hydrogen) atoms. The first-order valence-electron chi connectivity index (χ1n) is 7.65. The van der Waals surface area contributed by atoms with Gasteiger partial charge in [-0.1, -0.05) is 18.2 Å². The van der Waals surface area contributed by atoms with E-state index < -0.39 is 0 Å². The summed E-state index contributed by atoms with van der Waals surface area (Å²) < 4.78 is 2.00. The Morgan fingerprint density at radius 2 is 2.00 bits per heavy atom. The van der Waals surface area contributed by atoms with Crippen LogP contribution in [0.1, 0.15) is 17.5 Å². The summed E-state index contributed by atoms with van der Waals surface area (Å²) in [6, 6.07) is 11.3. The Morgan fingerprint density at radius 3 is 2.76 bits per heavy atom. The number of carbonyl (C=O) groups excluding carboxylic acids is 1. The van der Waals surface area contributed by atoms with E-state index in [0.717, 1.165) is 36.6 Å². The van der Waals surface area contributed by atoms with Crippen LogP contribution in [-0.4, -0.2) is 16.0 Å². The van der Waals surface area contributed by atoms with Crippen LogP contribution in [0, 0.1) is 0 Å². The highest BCUT2D eigenvalue weighted by atomic mass is 32.1. The molecule has 0 atom stereocenters.